The minimum Gasteiger partial charge on any atom is -0.466 e. The van der Waals surface area contributed by atoms with Crippen LogP contribution in [0.15, 0.2) is 0 Å². The first kappa shape index (κ1) is 28.5. The molecule has 14 nitrogen and oxygen atoms in total. The van der Waals surface area contributed by atoms with Gasteiger partial charge in [0.05, 0.1) is 39.3 Å². The van der Waals surface area contributed by atoms with Crippen LogP contribution < -0.4 is 11.5 Å². The molecule has 0 aliphatic rings. The van der Waals surface area contributed by atoms with Crippen LogP contribution in [0.3, 0.4) is 0 Å². The number of carbonyl (C=O) groups is 2. The van der Waals surface area contributed by atoms with E-state index in [0.29, 0.717) is 25.7 Å². The number of hydrogen-bond donors (Lipinski definition) is 2. The first-order valence-corrected chi connectivity index (χ1v) is 9.00. The number of esters is 2. The minimum atomic E-state index is -0.847. The van der Waals surface area contributed by atoms with Crippen molar-refractivity contribution in [3.8, 4) is 0 Å². The van der Waals surface area contributed by atoms with Crippen LogP contribution in [0.1, 0.15) is 45.4 Å². The Kier molecular flexibility index (Phi) is 19.6. The third-order valence-electron chi connectivity index (χ3n) is 2.83. The van der Waals surface area contributed by atoms with Crippen molar-refractivity contribution in [3.63, 3.8) is 0 Å². The van der Waals surface area contributed by atoms with Crippen molar-refractivity contribution in [1.82, 2.24) is 0 Å². The SMILES string of the molecule is CC(N)CC(=O)OCCCCO[N+](=O)[O-].NCCC(=O)OCCCCO[N+](=O)[O-]. The van der Waals surface area contributed by atoms with Crippen LogP contribution in [-0.4, -0.2) is 61.1 Å². The lowest BCUT2D eigenvalue weighted by Crippen LogP contribution is -2.21. The van der Waals surface area contributed by atoms with Gasteiger partial charge in [0.1, 0.15) is 0 Å². The zero-order valence-corrected chi connectivity index (χ0v) is 16.5. The molecule has 0 saturated heterocycles. The fourth-order valence-electron chi connectivity index (χ4n) is 1.57. The smallest absolute Gasteiger partial charge is 0.307 e. The van der Waals surface area contributed by atoms with Gasteiger partial charge in [0, 0.05) is 12.6 Å². The van der Waals surface area contributed by atoms with Crippen molar-refractivity contribution in [1.29, 1.82) is 0 Å². The van der Waals surface area contributed by atoms with E-state index in [-0.39, 0.29) is 63.8 Å². The van der Waals surface area contributed by atoms with Crippen LogP contribution in [0.4, 0.5) is 0 Å². The van der Waals surface area contributed by atoms with E-state index in [0.717, 1.165) is 0 Å². The van der Waals surface area contributed by atoms with Crippen molar-refractivity contribution in [2.75, 3.05) is 33.0 Å². The van der Waals surface area contributed by atoms with Crippen LogP contribution in [0.5, 0.6) is 0 Å². The lowest BCUT2D eigenvalue weighted by molar-refractivity contribution is -0.757. The lowest BCUT2D eigenvalue weighted by Gasteiger charge is -2.06. The number of unbranched alkanes of at least 4 members (excludes halogenated alkanes) is 2. The molecule has 0 bridgehead atoms. The maximum absolute atomic E-state index is 11.0. The first-order chi connectivity index (χ1) is 13.7. The summed E-state index contributed by atoms with van der Waals surface area (Å²) in [7, 11) is 0. The van der Waals surface area contributed by atoms with Gasteiger partial charge in [-0.25, -0.2) is 0 Å². The fourth-order valence-corrected chi connectivity index (χ4v) is 1.57. The van der Waals surface area contributed by atoms with E-state index < -0.39 is 10.2 Å². The second kappa shape index (κ2) is 20.0. The van der Waals surface area contributed by atoms with Crippen molar-refractivity contribution in [2.45, 2.75) is 51.5 Å². The van der Waals surface area contributed by atoms with Crippen LogP contribution in [0, 0.1) is 20.2 Å². The lowest BCUT2D eigenvalue weighted by atomic mass is 10.2. The topological polar surface area (TPSA) is 209 Å². The van der Waals surface area contributed by atoms with Gasteiger partial charge in [0.2, 0.25) is 0 Å². The number of hydrogen-bond acceptors (Lipinski definition) is 12. The Balaban J connectivity index is 0. The van der Waals surface area contributed by atoms with Crippen LogP contribution in [0.25, 0.3) is 0 Å². The average molecular weight is 426 g/mol. The predicted molar refractivity (Wildman–Crippen MR) is 98.2 cm³/mol. The number of ether oxygens (including phenoxy) is 2. The van der Waals surface area contributed by atoms with Crippen molar-refractivity contribution in [2.24, 2.45) is 11.5 Å². The molecule has 0 saturated carbocycles. The summed E-state index contributed by atoms with van der Waals surface area (Å²) >= 11 is 0. The molecule has 29 heavy (non-hydrogen) atoms. The molecule has 0 aliphatic heterocycles. The molecule has 0 radical (unpaired) electrons. The molecule has 0 rings (SSSR count). The van der Waals surface area contributed by atoms with E-state index in [2.05, 4.69) is 9.68 Å². The molecule has 1 unspecified atom stereocenters. The number of carbonyl (C=O) groups excluding carboxylic acids is 2. The highest BCUT2D eigenvalue weighted by molar-refractivity contribution is 5.70. The molecule has 0 heterocycles. The normalized spacial score (nSPS) is 10.7. The zero-order valence-electron chi connectivity index (χ0n) is 16.5. The van der Waals surface area contributed by atoms with Crippen molar-refractivity contribution >= 4 is 11.9 Å². The van der Waals surface area contributed by atoms with Gasteiger partial charge >= 0.3 is 11.9 Å². The summed E-state index contributed by atoms with van der Waals surface area (Å²) < 4.78 is 9.56. The number of nitrogens with two attached hydrogens (primary N) is 2. The maximum Gasteiger partial charge on any atom is 0.307 e. The van der Waals surface area contributed by atoms with Gasteiger partial charge < -0.3 is 30.6 Å². The second-order valence-corrected chi connectivity index (χ2v) is 5.69. The summed E-state index contributed by atoms with van der Waals surface area (Å²) in [5.41, 5.74) is 10.5. The quantitative estimate of drug-likeness (QED) is 0.146. The van der Waals surface area contributed by atoms with E-state index in [4.69, 9.17) is 20.9 Å². The van der Waals surface area contributed by atoms with Crippen LogP contribution >= 0.6 is 0 Å². The van der Waals surface area contributed by atoms with Crippen LogP contribution in [0.2, 0.25) is 0 Å². The van der Waals surface area contributed by atoms with E-state index in [1.165, 1.54) is 0 Å². The summed E-state index contributed by atoms with van der Waals surface area (Å²) in [5.74, 6) is -0.692. The van der Waals surface area contributed by atoms with Crippen molar-refractivity contribution in [3.05, 3.63) is 20.2 Å². The Hall–Kier alpha value is -2.74. The van der Waals surface area contributed by atoms with E-state index in [1.54, 1.807) is 6.92 Å². The summed E-state index contributed by atoms with van der Waals surface area (Å²) in [6.07, 6.45) is 2.43. The molecular formula is C15H30N4O10. The molecule has 14 heteroatoms. The number of nitrogens with zero attached hydrogens (tertiary/aromatic N) is 2. The Bertz CT molecular complexity index is 476. The molecule has 0 aromatic rings. The van der Waals surface area contributed by atoms with Gasteiger partial charge in [-0.3, -0.25) is 9.59 Å². The van der Waals surface area contributed by atoms with Gasteiger partial charge in [0.25, 0.3) is 10.2 Å². The zero-order chi connectivity index (χ0) is 22.5. The van der Waals surface area contributed by atoms with E-state index in [9.17, 15) is 29.8 Å². The van der Waals surface area contributed by atoms with Gasteiger partial charge in [-0.2, -0.15) is 0 Å². The third-order valence-corrected chi connectivity index (χ3v) is 2.83. The molecule has 0 spiro atoms. The van der Waals surface area contributed by atoms with Gasteiger partial charge in [-0.15, -0.1) is 20.2 Å². The van der Waals surface area contributed by atoms with Gasteiger partial charge in [-0.05, 0) is 32.6 Å². The summed E-state index contributed by atoms with van der Waals surface area (Å²) in [5, 5.41) is 17.8. The summed E-state index contributed by atoms with van der Waals surface area (Å²) in [6.45, 7) is 2.53. The highest BCUT2D eigenvalue weighted by Crippen LogP contribution is 1.96. The average Bonchev–Trinajstić information content (AvgIpc) is 2.60. The van der Waals surface area contributed by atoms with Gasteiger partial charge in [-0.1, -0.05) is 0 Å². The molecule has 0 aliphatic carbocycles. The summed E-state index contributed by atoms with van der Waals surface area (Å²) in [6, 6.07) is -0.213. The third kappa shape index (κ3) is 27.6. The molecular weight excluding hydrogens is 396 g/mol. The highest BCUT2D eigenvalue weighted by atomic mass is 17.0. The largest absolute Gasteiger partial charge is 0.466 e. The Labute approximate surface area is 168 Å². The molecule has 0 aromatic carbocycles. The highest BCUT2D eigenvalue weighted by Gasteiger charge is 2.05. The molecule has 0 amide bonds. The maximum atomic E-state index is 11.0. The monoisotopic (exact) mass is 426 g/mol. The Morgan fingerprint density at radius 3 is 1.66 bits per heavy atom. The fraction of sp³-hybridized carbons (Fsp3) is 0.867. The molecule has 0 aromatic heterocycles. The second-order valence-electron chi connectivity index (χ2n) is 5.69. The minimum absolute atomic E-state index is 0.0256. The predicted octanol–water partition coefficient (Wildman–Crippen LogP) is 0.122. The molecule has 170 valence electrons. The van der Waals surface area contributed by atoms with E-state index >= 15 is 0 Å². The molecule has 0 fully saturated rings. The van der Waals surface area contributed by atoms with E-state index in [1.807, 2.05) is 0 Å². The molecule has 4 N–H and O–H groups in total. The standard InChI is InChI=1S/C8H16N2O5.C7H14N2O5/c1-7(9)6-8(11)14-4-2-3-5-15-10(12)13;8-4-3-7(10)13-5-1-2-6-14-9(11)12/h7H,2-6,9H2,1H3;1-6,8H2. The molecule has 1 atom stereocenters. The van der Waals surface area contributed by atoms with Crippen LogP contribution in [-0.2, 0) is 28.7 Å². The van der Waals surface area contributed by atoms with Crippen molar-refractivity contribution < 1.29 is 38.9 Å². The van der Waals surface area contributed by atoms with Gasteiger partial charge in [0.15, 0.2) is 0 Å². The summed E-state index contributed by atoms with van der Waals surface area (Å²) in [4.78, 5) is 49.3. The first-order valence-electron chi connectivity index (χ1n) is 9.00. The Morgan fingerprint density at radius 1 is 0.862 bits per heavy atom. The Morgan fingerprint density at radius 2 is 1.28 bits per heavy atom. The number of rotatable bonds is 16.